The third-order valence-electron chi connectivity index (χ3n) is 5.84. The molecule has 0 spiro atoms. The van der Waals surface area contributed by atoms with Crippen molar-refractivity contribution in [3.63, 3.8) is 0 Å². The van der Waals surface area contributed by atoms with Gasteiger partial charge in [0.1, 0.15) is 12.2 Å². The molecule has 4 aromatic rings. The number of carbonyl (C=O) groups is 1. The smallest absolute Gasteiger partial charge is 0.238 e. The van der Waals surface area contributed by atoms with Crippen molar-refractivity contribution in [2.75, 3.05) is 36.4 Å². The molecule has 170 valence electrons. The number of nitrogens with one attached hydrogen (secondary N) is 2. The fourth-order valence-electron chi connectivity index (χ4n) is 4.25. The lowest BCUT2D eigenvalue weighted by Crippen LogP contribution is -2.53. The van der Waals surface area contributed by atoms with Gasteiger partial charge in [0.15, 0.2) is 11.6 Å². The summed E-state index contributed by atoms with van der Waals surface area (Å²) in [4.78, 5) is 26.3. The normalized spacial score (nSPS) is 16.9. The maximum atomic E-state index is 12.9. The van der Waals surface area contributed by atoms with Crippen molar-refractivity contribution in [2.45, 2.75) is 26.8 Å². The van der Waals surface area contributed by atoms with Crippen LogP contribution < -0.4 is 10.2 Å². The minimum absolute atomic E-state index is 0.0626. The van der Waals surface area contributed by atoms with Gasteiger partial charge in [-0.25, -0.2) is 9.97 Å². The lowest BCUT2D eigenvalue weighted by atomic mass is 10.1. The first kappa shape index (κ1) is 21.0. The minimum atomic E-state index is -0.0626. The van der Waals surface area contributed by atoms with E-state index in [1.54, 1.807) is 12.5 Å². The van der Waals surface area contributed by atoms with E-state index in [1.165, 1.54) is 0 Å². The van der Waals surface area contributed by atoms with E-state index in [0.717, 1.165) is 48.1 Å². The van der Waals surface area contributed by atoms with E-state index in [4.69, 9.17) is 0 Å². The molecular weight excluding hydrogens is 420 g/mol. The highest BCUT2D eigenvalue weighted by Gasteiger charge is 2.28. The second kappa shape index (κ2) is 8.58. The number of H-pyrrole nitrogens is 1. The van der Waals surface area contributed by atoms with Crippen molar-refractivity contribution in [3.05, 3.63) is 48.3 Å². The van der Waals surface area contributed by atoms with E-state index < -0.39 is 0 Å². The van der Waals surface area contributed by atoms with Crippen molar-refractivity contribution in [2.24, 2.45) is 0 Å². The predicted octanol–water partition coefficient (Wildman–Crippen LogP) is 1.68. The van der Waals surface area contributed by atoms with Gasteiger partial charge in [0, 0.05) is 43.6 Å². The number of piperazine rings is 1. The Labute approximate surface area is 190 Å². The predicted molar refractivity (Wildman–Crippen MR) is 124 cm³/mol. The van der Waals surface area contributed by atoms with E-state index in [2.05, 4.69) is 52.4 Å². The second-order valence-corrected chi connectivity index (χ2v) is 8.43. The van der Waals surface area contributed by atoms with Crippen molar-refractivity contribution < 1.29 is 4.79 Å². The molecule has 0 aliphatic carbocycles. The van der Waals surface area contributed by atoms with Crippen molar-refractivity contribution >= 4 is 23.1 Å². The molecule has 3 aromatic heterocycles. The van der Waals surface area contributed by atoms with E-state index >= 15 is 0 Å². The number of rotatable bonds is 5. The number of aromatic amines is 1. The van der Waals surface area contributed by atoms with Gasteiger partial charge in [-0.2, -0.15) is 5.10 Å². The molecule has 0 bridgehead atoms. The molecule has 5 rings (SSSR count). The Balaban J connectivity index is 1.26. The number of benzene rings is 1. The number of amides is 1. The number of nitrogens with zero attached hydrogens (tertiary/aromatic N) is 8. The Bertz CT molecular complexity index is 1300. The average molecular weight is 447 g/mol. The molecule has 1 saturated heterocycles. The standard InChI is InChI=1S/C22H26N10O/c1-14-4-5-17(20-25-16(3)27-28-20)18(10-14)26-19(33)12-30-8-9-32(15(2)11-30)21-22-29-24-13-31(22)7-6-23-21/h4-7,10,13,15H,8-9,11-12H2,1-3H3,(H,26,33)(H,25,27,28). The van der Waals surface area contributed by atoms with Gasteiger partial charge in [0.2, 0.25) is 11.6 Å². The number of anilines is 2. The molecular formula is C22H26N10O. The summed E-state index contributed by atoms with van der Waals surface area (Å²) >= 11 is 0. The Hall–Kier alpha value is -3.86. The quantitative estimate of drug-likeness (QED) is 0.475. The van der Waals surface area contributed by atoms with Crippen LogP contribution in [-0.4, -0.2) is 77.8 Å². The molecule has 2 N–H and O–H groups in total. The van der Waals surface area contributed by atoms with Crippen LogP contribution in [0.5, 0.6) is 0 Å². The summed E-state index contributed by atoms with van der Waals surface area (Å²) in [6.45, 7) is 8.52. The summed E-state index contributed by atoms with van der Waals surface area (Å²) in [6, 6.07) is 6.05. The topological polar surface area (TPSA) is 120 Å². The number of aryl methyl sites for hydroxylation is 2. The molecule has 11 heteroatoms. The third kappa shape index (κ3) is 4.27. The van der Waals surface area contributed by atoms with Crippen molar-refractivity contribution in [1.82, 2.24) is 39.7 Å². The van der Waals surface area contributed by atoms with Gasteiger partial charge in [0.25, 0.3) is 0 Å². The number of hydrogen-bond donors (Lipinski definition) is 2. The third-order valence-corrected chi connectivity index (χ3v) is 5.84. The highest BCUT2D eigenvalue weighted by molar-refractivity contribution is 5.96. The Kier molecular flexibility index (Phi) is 5.47. The van der Waals surface area contributed by atoms with Gasteiger partial charge in [-0.3, -0.25) is 19.2 Å². The number of fused-ring (bicyclic) bond motifs is 1. The average Bonchev–Trinajstić information content (AvgIpc) is 3.43. The van der Waals surface area contributed by atoms with Crippen molar-refractivity contribution in [1.29, 1.82) is 0 Å². The van der Waals surface area contributed by atoms with Gasteiger partial charge < -0.3 is 10.2 Å². The molecule has 1 fully saturated rings. The van der Waals surface area contributed by atoms with E-state index in [9.17, 15) is 4.79 Å². The summed E-state index contributed by atoms with van der Waals surface area (Å²) in [5.41, 5.74) is 3.31. The van der Waals surface area contributed by atoms with E-state index in [-0.39, 0.29) is 11.9 Å². The number of carbonyl (C=O) groups excluding carboxylic acids is 1. The molecule has 1 aromatic carbocycles. The molecule has 1 unspecified atom stereocenters. The molecule has 0 saturated carbocycles. The van der Waals surface area contributed by atoms with E-state index in [0.29, 0.717) is 18.1 Å². The molecule has 11 nitrogen and oxygen atoms in total. The van der Waals surface area contributed by atoms with Gasteiger partial charge in [-0.1, -0.05) is 6.07 Å². The molecule has 33 heavy (non-hydrogen) atoms. The first-order valence-electron chi connectivity index (χ1n) is 10.9. The van der Waals surface area contributed by atoms with Crippen LogP contribution in [0.2, 0.25) is 0 Å². The first-order chi connectivity index (χ1) is 16.0. The zero-order valence-corrected chi connectivity index (χ0v) is 18.9. The van der Waals surface area contributed by atoms with Gasteiger partial charge in [0.05, 0.1) is 12.2 Å². The summed E-state index contributed by atoms with van der Waals surface area (Å²) in [5.74, 6) is 2.05. The van der Waals surface area contributed by atoms with Crippen LogP contribution in [0.4, 0.5) is 11.5 Å². The lowest BCUT2D eigenvalue weighted by molar-refractivity contribution is -0.117. The Morgan fingerprint density at radius 2 is 2.15 bits per heavy atom. The van der Waals surface area contributed by atoms with Crippen LogP contribution in [0.25, 0.3) is 17.0 Å². The maximum absolute atomic E-state index is 12.9. The zero-order valence-electron chi connectivity index (χ0n) is 18.9. The zero-order chi connectivity index (χ0) is 22.9. The Morgan fingerprint density at radius 3 is 2.94 bits per heavy atom. The summed E-state index contributed by atoms with van der Waals surface area (Å²) in [5, 5.41) is 18.4. The minimum Gasteiger partial charge on any atom is -0.348 e. The van der Waals surface area contributed by atoms with Crippen LogP contribution in [0, 0.1) is 13.8 Å². The molecule has 0 radical (unpaired) electrons. The summed E-state index contributed by atoms with van der Waals surface area (Å²) < 4.78 is 1.87. The summed E-state index contributed by atoms with van der Waals surface area (Å²) in [6.07, 6.45) is 5.27. The SMILES string of the molecule is Cc1ccc(-c2n[nH]c(C)n2)c(NC(=O)CN2CCN(c3nccn4cnnc34)C(C)C2)c1. The van der Waals surface area contributed by atoms with Crippen molar-refractivity contribution in [3.8, 4) is 11.4 Å². The number of hydrogen-bond acceptors (Lipinski definition) is 8. The first-order valence-corrected chi connectivity index (χ1v) is 10.9. The molecule has 1 aliphatic rings. The van der Waals surface area contributed by atoms with Gasteiger partial charge in [-0.15, -0.1) is 10.2 Å². The number of aromatic nitrogens is 7. The molecule has 4 heterocycles. The van der Waals surface area contributed by atoms with E-state index in [1.807, 2.05) is 42.6 Å². The fourth-order valence-corrected chi connectivity index (χ4v) is 4.25. The largest absolute Gasteiger partial charge is 0.348 e. The van der Waals surface area contributed by atoms with Crippen LogP contribution in [0.3, 0.4) is 0 Å². The second-order valence-electron chi connectivity index (χ2n) is 8.43. The molecule has 1 atom stereocenters. The monoisotopic (exact) mass is 446 g/mol. The highest BCUT2D eigenvalue weighted by atomic mass is 16.2. The van der Waals surface area contributed by atoms with Gasteiger partial charge >= 0.3 is 0 Å². The van der Waals surface area contributed by atoms with Crippen LogP contribution >= 0.6 is 0 Å². The van der Waals surface area contributed by atoms with Crippen LogP contribution in [0.15, 0.2) is 36.9 Å². The van der Waals surface area contributed by atoms with Crippen LogP contribution in [-0.2, 0) is 4.79 Å². The maximum Gasteiger partial charge on any atom is 0.238 e. The highest BCUT2D eigenvalue weighted by Crippen LogP contribution is 2.27. The summed E-state index contributed by atoms with van der Waals surface area (Å²) in [7, 11) is 0. The molecule has 1 aliphatic heterocycles. The fraction of sp³-hybridized carbons (Fsp3) is 0.364. The van der Waals surface area contributed by atoms with Crippen LogP contribution in [0.1, 0.15) is 18.3 Å². The molecule has 1 amide bonds. The lowest BCUT2D eigenvalue weighted by Gasteiger charge is -2.40. The van der Waals surface area contributed by atoms with Gasteiger partial charge in [-0.05, 0) is 38.5 Å². The Morgan fingerprint density at radius 1 is 1.27 bits per heavy atom.